The Morgan fingerprint density at radius 1 is 1.10 bits per heavy atom. The average molecular weight is 340 g/mol. The summed E-state index contributed by atoms with van der Waals surface area (Å²) in [5.74, 6) is 0.00202. The smallest absolute Gasteiger partial charge is 0.187 e. The predicted molar refractivity (Wildman–Crippen MR) is 90.4 cm³/mol. The third-order valence-electron chi connectivity index (χ3n) is 3.51. The molecular weight excluding hydrogens is 326 g/mol. The molecule has 2 nitrogen and oxygen atoms in total. The molecule has 0 aromatic heterocycles. The van der Waals surface area contributed by atoms with E-state index in [1.54, 1.807) is 6.08 Å². The monoisotopic (exact) mass is 339 g/mol. The Bertz CT molecular complexity index is 761. The van der Waals surface area contributed by atoms with Gasteiger partial charge in [-0.15, -0.1) is 0 Å². The molecule has 0 saturated carbocycles. The predicted octanol–water partition coefficient (Wildman–Crippen LogP) is 4.68. The minimum Gasteiger partial charge on any atom is -0.344 e. The number of ketones is 1. The summed E-state index contributed by atoms with van der Waals surface area (Å²) in [7, 11) is 1.97. The summed E-state index contributed by atoms with van der Waals surface area (Å²) in [5.41, 5.74) is 3.83. The van der Waals surface area contributed by atoms with Crippen LogP contribution in [0.15, 0.2) is 70.9 Å². The molecule has 3 heteroatoms. The Morgan fingerprint density at radius 2 is 1.90 bits per heavy atom. The van der Waals surface area contributed by atoms with Gasteiger partial charge in [-0.3, -0.25) is 4.79 Å². The molecule has 21 heavy (non-hydrogen) atoms. The van der Waals surface area contributed by atoms with Crippen LogP contribution in [0.3, 0.4) is 0 Å². The maximum Gasteiger partial charge on any atom is 0.187 e. The second kappa shape index (κ2) is 5.70. The number of hydrogen-bond acceptors (Lipinski definition) is 2. The molecule has 0 bridgehead atoms. The highest BCUT2D eigenvalue weighted by atomic mass is 79.9. The van der Waals surface area contributed by atoms with E-state index in [1.165, 1.54) is 0 Å². The third kappa shape index (κ3) is 2.83. The maximum absolute atomic E-state index is 12.4. The van der Waals surface area contributed by atoms with Crippen LogP contribution in [0, 0.1) is 0 Å². The first-order chi connectivity index (χ1) is 10.1. The van der Waals surface area contributed by atoms with E-state index in [9.17, 15) is 4.79 Å². The van der Waals surface area contributed by atoms with E-state index in [0.29, 0.717) is 5.56 Å². The van der Waals surface area contributed by atoms with Gasteiger partial charge in [-0.05, 0) is 29.8 Å². The molecule has 1 aliphatic heterocycles. The topological polar surface area (TPSA) is 20.3 Å². The van der Waals surface area contributed by atoms with Crippen LogP contribution in [0.4, 0.5) is 5.69 Å². The number of rotatable bonds is 2. The van der Waals surface area contributed by atoms with Crippen molar-refractivity contribution in [1.82, 2.24) is 0 Å². The van der Waals surface area contributed by atoms with Gasteiger partial charge in [0.2, 0.25) is 0 Å². The van der Waals surface area contributed by atoms with Crippen molar-refractivity contribution in [3.63, 3.8) is 0 Å². The number of benzene rings is 2. The first-order valence-electron chi connectivity index (χ1n) is 6.67. The van der Waals surface area contributed by atoms with Gasteiger partial charge < -0.3 is 4.90 Å². The van der Waals surface area contributed by atoms with E-state index >= 15 is 0 Å². The van der Waals surface area contributed by atoms with Gasteiger partial charge in [0.25, 0.3) is 0 Å². The largest absolute Gasteiger partial charge is 0.344 e. The number of para-hydroxylation sites is 1. The fourth-order valence-corrected chi connectivity index (χ4v) is 2.76. The van der Waals surface area contributed by atoms with Gasteiger partial charge in [-0.25, -0.2) is 0 Å². The van der Waals surface area contributed by atoms with Gasteiger partial charge in [0, 0.05) is 34.5 Å². The molecule has 0 spiro atoms. The molecule has 0 unspecified atom stereocenters. The van der Waals surface area contributed by atoms with Crippen molar-refractivity contribution in [2.24, 2.45) is 0 Å². The van der Waals surface area contributed by atoms with Crippen LogP contribution in [-0.2, 0) is 0 Å². The standard InChI is InChI=1S/C18H14BrNO/c1-20-16(10-9-13-5-2-3-8-17(13)20)12-18(21)14-6-4-7-15(19)11-14/h2-12H,1H3/b16-12-. The normalized spacial score (nSPS) is 15.1. The summed E-state index contributed by atoms with van der Waals surface area (Å²) in [6.07, 6.45) is 5.68. The van der Waals surface area contributed by atoms with Crippen LogP contribution in [0.5, 0.6) is 0 Å². The number of carbonyl (C=O) groups excluding carboxylic acids is 1. The second-order valence-corrected chi connectivity index (χ2v) is 5.81. The molecule has 0 saturated heterocycles. The van der Waals surface area contributed by atoms with E-state index < -0.39 is 0 Å². The number of hydrogen-bond donors (Lipinski definition) is 0. The van der Waals surface area contributed by atoms with Crippen LogP contribution in [0.25, 0.3) is 6.08 Å². The van der Waals surface area contributed by atoms with Crippen LogP contribution in [0.2, 0.25) is 0 Å². The Balaban J connectivity index is 1.93. The molecular formula is C18H14BrNO. The Kier molecular flexibility index (Phi) is 3.76. The number of carbonyl (C=O) groups is 1. The average Bonchev–Trinajstić information content (AvgIpc) is 2.50. The van der Waals surface area contributed by atoms with Crippen LogP contribution in [-0.4, -0.2) is 12.8 Å². The van der Waals surface area contributed by atoms with Crippen LogP contribution < -0.4 is 4.90 Å². The summed E-state index contributed by atoms with van der Waals surface area (Å²) in [6.45, 7) is 0. The zero-order valence-electron chi connectivity index (χ0n) is 11.6. The van der Waals surface area contributed by atoms with Gasteiger partial charge in [0.15, 0.2) is 5.78 Å². The summed E-state index contributed by atoms with van der Waals surface area (Å²) < 4.78 is 0.907. The minimum absolute atomic E-state index is 0.00202. The molecule has 104 valence electrons. The molecule has 2 aromatic rings. The van der Waals surface area contributed by atoms with Crippen molar-refractivity contribution < 1.29 is 4.79 Å². The third-order valence-corrected chi connectivity index (χ3v) is 4.00. The number of likely N-dealkylation sites (N-methyl/N-ethyl adjacent to an activating group) is 1. The number of nitrogens with zero attached hydrogens (tertiary/aromatic N) is 1. The van der Waals surface area contributed by atoms with Gasteiger partial charge in [-0.2, -0.15) is 0 Å². The summed E-state index contributed by atoms with van der Waals surface area (Å²) >= 11 is 3.39. The lowest BCUT2D eigenvalue weighted by Gasteiger charge is -2.26. The molecule has 0 amide bonds. The number of allylic oxidation sites excluding steroid dienone is 2. The summed E-state index contributed by atoms with van der Waals surface area (Å²) in [6, 6.07) is 15.6. The lowest BCUT2D eigenvalue weighted by molar-refractivity contribution is 0.104. The highest BCUT2D eigenvalue weighted by Gasteiger charge is 2.14. The highest BCUT2D eigenvalue weighted by Crippen LogP contribution is 2.29. The molecule has 0 atom stereocenters. The van der Waals surface area contributed by atoms with E-state index in [4.69, 9.17) is 0 Å². The van der Waals surface area contributed by atoms with Crippen molar-refractivity contribution >= 4 is 33.5 Å². The van der Waals surface area contributed by atoms with Crippen molar-refractivity contribution in [3.05, 3.63) is 82.0 Å². The molecule has 3 rings (SSSR count). The molecule has 2 aromatic carbocycles. The second-order valence-electron chi connectivity index (χ2n) is 4.89. The zero-order valence-corrected chi connectivity index (χ0v) is 13.2. The summed E-state index contributed by atoms with van der Waals surface area (Å²) in [4.78, 5) is 14.4. The van der Waals surface area contributed by atoms with Crippen molar-refractivity contribution in [2.75, 3.05) is 11.9 Å². The summed E-state index contributed by atoms with van der Waals surface area (Å²) in [5, 5.41) is 0. The lowest BCUT2D eigenvalue weighted by Crippen LogP contribution is -2.19. The number of anilines is 1. The lowest BCUT2D eigenvalue weighted by atomic mass is 10.0. The molecule has 0 N–H and O–H groups in total. The molecule has 0 radical (unpaired) electrons. The van der Waals surface area contributed by atoms with Crippen molar-refractivity contribution in [2.45, 2.75) is 0 Å². The fourth-order valence-electron chi connectivity index (χ4n) is 2.36. The van der Waals surface area contributed by atoms with Crippen LogP contribution >= 0.6 is 15.9 Å². The first-order valence-corrected chi connectivity index (χ1v) is 7.47. The first kappa shape index (κ1) is 13.8. The molecule has 0 aliphatic carbocycles. The molecule has 1 aliphatic rings. The van der Waals surface area contributed by atoms with Crippen molar-refractivity contribution in [3.8, 4) is 0 Å². The minimum atomic E-state index is 0.00202. The van der Waals surface area contributed by atoms with E-state index in [0.717, 1.165) is 21.4 Å². The van der Waals surface area contributed by atoms with Crippen LogP contribution in [0.1, 0.15) is 15.9 Å². The zero-order chi connectivity index (χ0) is 14.8. The Morgan fingerprint density at radius 3 is 2.71 bits per heavy atom. The van der Waals surface area contributed by atoms with Gasteiger partial charge in [0.05, 0.1) is 0 Å². The number of halogens is 1. The highest BCUT2D eigenvalue weighted by molar-refractivity contribution is 9.10. The van der Waals surface area contributed by atoms with Gasteiger partial charge >= 0.3 is 0 Å². The van der Waals surface area contributed by atoms with E-state index in [1.807, 2.05) is 60.5 Å². The Labute approximate surface area is 132 Å². The molecule has 1 heterocycles. The quantitative estimate of drug-likeness (QED) is 0.584. The Hall–Kier alpha value is -2.13. The SMILES string of the molecule is CN1/C(=C\C(=O)c2cccc(Br)c2)C=Cc2ccccc21. The van der Waals surface area contributed by atoms with Crippen molar-refractivity contribution in [1.29, 1.82) is 0 Å². The van der Waals surface area contributed by atoms with E-state index in [2.05, 4.69) is 28.1 Å². The maximum atomic E-state index is 12.4. The van der Waals surface area contributed by atoms with Gasteiger partial charge in [0.1, 0.15) is 0 Å². The molecule has 0 fully saturated rings. The fraction of sp³-hybridized carbons (Fsp3) is 0.0556. The van der Waals surface area contributed by atoms with Gasteiger partial charge in [-0.1, -0.05) is 52.3 Å². The van der Waals surface area contributed by atoms with E-state index in [-0.39, 0.29) is 5.78 Å². The number of fused-ring (bicyclic) bond motifs is 1.